The van der Waals surface area contributed by atoms with E-state index in [0.717, 1.165) is 42.5 Å². The van der Waals surface area contributed by atoms with E-state index in [-0.39, 0.29) is 30.1 Å². The van der Waals surface area contributed by atoms with Gasteiger partial charge in [-0.1, -0.05) is 55.3 Å². The number of carbonyl (C=O) groups is 2. The molecule has 1 atom stereocenters. The predicted molar refractivity (Wildman–Crippen MR) is 128 cm³/mol. The van der Waals surface area contributed by atoms with Crippen LogP contribution in [0, 0.1) is 5.82 Å². The van der Waals surface area contributed by atoms with Gasteiger partial charge in [-0.05, 0) is 42.7 Å². The lowest BCUT2D eigenvalue weighted by Gasteiger charge is -2.25. The van der Waals surface area contributed by atoms with Crippen molar-refractivity contribution in [3.63, 3.8) is 0 Å². The number of aliphatic imine (C=N–C) groups is 2. The zero-order valence-electron chi connectivity index (χ0n) is 18.2. The number of halogens is 1. The zero-order chi connectivity index (χ0) is 22.8. The number of nitrogens with one attached hydrogen (secondary N) is 1. The summed E-state index contributed by atoms with van der Waals surface area (Å²) in [5, 5.41) is 3.58. The molecular formula is C25H25FN4O2S. The summed E-state index contributed by atoms with van der Waals surface area (Å²) in [5.74, 6) is 0.311. The van der Waals surface area contributed by atoms with Crippen molar-refractivity contribution in [1.29, 1.82) is 0 Å². The topological polar surface area (TPSA) is 74.1 Å². The Morgan fingerprint density at radius 1 is 1.12 bits per heavy atom. The van der Waals surface area contributed by atoms with Crippen LogP contribution in [0.25, 0.3) is 0 Å². The van der Waals surface area contributed by atoms with Crippen LogP contribution in [0.4, 0.5) is 10.1 Å². The summed E-state index contributed by atoms with van der Waals surface area (Å²) in [7, 11) is 0. The van der Waals surface area contributed by atoms with Crippen LogP contribution >= 0.6 is 11.8 Å². The first-order valence-corrected chi connectivity index (χ1v) is 12.3. The van der Waals surface area contributed by atoms with Gasteiger partial charge in [-0.3, -0.25) is 14.6 Å². The number of benzene rings is 2. The number of hydrogen-bond donors (Lipinski definition) is 1. The highest BCUT2D eigenvalue weighted by Gasteiger charge is 2.42. The minimum atomic E-state index is -0.769. The quantitative estimate of drug-likeness (QED) is 0.705. The van der Waals surface area contributed by atoms with E-state index in [9.17, 15) is 14.0 Å². The first kappa shape index (κ1) is 21.8. The molecule has 1 saturated carbocycles. The van der Waals surface area contributed by atoms with E-state index in [1.54, 1.807) is 6.07 Å². The van der Waals surface area contributed by atoms with E-state index < -0.39 is 6.04 Å². The smallest absolute Gasteiger partial charge is 0.259 e. The largest absolute Gasteiger partial charge is 0.353 e. The lowest BCUT2D eigenvalue weighted by molar-refractivity contribution is -0.129. The average Bonchev–Trinajstić information content (AvgIpc) is 3.14. The van der Waals surface area contributed by atoms with Gasteiger partial charge < -0.3 is 5.32 Å². The molecule has 2 amide bonds. The molecule has 2 aromatic carbocycles. The highest BCUT2D eigenvalue weighted by Crippen LogP contribution is 2.35. The van der Waals surface area contributed by atoms with Crippen molar-refractivity contribution in [2.24, 2.45) is 9.98 Å². The minimum Gasteiger partial charge on any atom is -0.353 e. The van der Waals surface area contributed by atoms with Crippen molar-refractivity contribution in [3.8, 4) is 0 Å². The Labute approximate surface area is 196 Å². The molecule has 0 aromatic heterocycles. The molecule has 0 radical (unpaired) electrons. The molecule has 2 heterocycles. The Morgan fingerprint density at radius 3 is 2.76 bits per heavy atom. The maximum atomic E-state index is 13.6. The summed E-state index contributed by atoms with van der Waals surface area (Å²) in [4.78, 5) is 36.9. The van der Waals surface area contributed by atoms with Crippen LogP contribution in [-0.2, 0) is 15.3 Å². The Bertz CT molecular complexity index is 1140. The number of fused-ring (bicyclic) bond motifs is 3. The molecule has 33 heavy (non-hydrogen) atoms. The number of nitrogens with zero attached hydrogens (tertiary/aromatic N) is 3. The van der Waals surface area contributed by atoms with Gasteiger partial charge in [0.15, 0.2) is 5.17 Å². The lowest BCUT2D eigenvalue weighted by atomic mass is 9.95. The summed E-state index contributed by atoms with van der Waals surface area (Å²) < 4.78 is 13.6. The number of amides is 2. The summed E-state index contributed by atoms with van der Waals surface area (Å²) in [6, 6.07) is 13.3. The third-order valence-electron chi connectivity index (χ3n) is 6.15. The molecule has 3 aliphatic rings. The molecule has 6 nitrogen and oxygen atoms in total. The Hall–Kier alpha value is -3.00. The van der Waals surface area contributed by atoms with E-state index in [4.69, 9.17) is 4.99 Å². The van der Waals surface area contributed by atoms with Crippen molar-refractivity contribution >= 4 is 40.3 Å². The van der Waals surface area contributed by atoms with E-state index in [1.807, 2.05) is 30.3 Å². The molecule has 0 spiro atoms. The van der Waals surface area contributed by atoms with Crippen LogP contribution in [0.5, 0.6) is 0 Å². The van der Waals surface area contributed by atoms with Gasteiger partial charge in [-0.15, -0.1) is 0 Å². The second-order valence-electron chi connectivity index (χ2n) is 8.58. The Balaban J connectivity index is 1.35. The van der Waals surface area contributed by atoms with Gasteiger partial charge in [0.1, 0.15) is 17.7 Å². The average molecular weight is 465 g/mol. The van der Waals surface area contributed by atoms with E-state index in [0.29, 0.717) is 16.8 Å². The molecule has 170 valence electrons. The normalized spacial score (nSPS) is 20.1. The van der Waals surface area contributed by atoms with Gasteiger partial charge in [0.25, 0.3) is 5.91 Å². The second-order valence-corrected chi connectivity index (χ2v) is 9.52. The molecule has 2 aromatic rings. The second kappa shape index (κ2) is 9.47. The number of rotatable bonds is 5. The van der Waals surface area contributed by atoms with Gasteiger partial charge in [-0.2, -0.15) is 0 Å². The van der Waals surface area contributed by atoms with Gasteiger partial charge >= 0.3 is 0 Å². The molecule has 2 aliphatic heterocycles. The lowest BCUT2D eigenvalue weighted by Crippen LogP contribution is -2.43. The van der Waals surface area contributed by atoms with Crippen molar-refractivity contribution in [2.75, 3.05) is 0 Å². The van der Waals surface area contributed by atoms with Gasteiger partial charge in [0.2, 0.25) is 5.91 Å². The van der Waals surface area contributed by atoms with Gasteiger partial charge in [-0.25, -0.2) is 14.3 Å². The summed E-state index contributed by atoms with van der Waals surface area (Å²) in [6.07, 6.45) is 5.48. The molecule has 0 bridgehead atoms. The highest BCUT2D eigenvalue weighted by atomic mass is 32.2. The van der Waals surface area contributed by atoms with Crippen LogP contribution < -0.4 is 5.32 Å². The third kappa shape index (κ3) is 4.71. The molecule has 8 heteroatoms. The summed E-state index contributed by atoms with van der Waals surface area (Å²) in [5.41, 5.74) is 2.31. The van der Waals surface area contributed by atoms with E-state index >= 15 is 0 Å². The number of hydrogen-bond acceptors (Lipinski definition) is 5. The fourth-order valence-corrected chi connectivity index (χ4v) is 5.46. The van der Waals surface area contributed by atoms with E-state index in [1.165, 1.54) is 35.2 Å². The number of carbonyl (C=O) groups excluding carboxylic acids is 2. The Kier molecular flexibility index (Phi) is 6.26. The minimum absolute atomic E-state index is 0.0271. The van der Waals surface area contributed by atoms with Crippen molar-refractivity contribution in [2.45, 2.75) is 56.4 Å². The molecule has 1 N–H and O–H groups in total. The van der Waals surface area contributed by atoms with Crippen LogP contribution in [0.2, 0.25) is 0 Å². The van der Waals surface area contributed by atoms with Crippen molar-refractivity contribution in [3.05, 3.63) is 65.5 Å². The molecule has 0 saturated heterocycles. The summed E-state index contributed by atoms with van der Waals surface area (Å²) in [6.45, 7) is 0. The third-order valence-corrected chi connectivity index (χ3v) is 7.16. The van der Waals surface area contributed by atoms with Crippen molar-refractivity contribution < 1.29 is 14.0 Å². The van der Waals surface area contributed by atoms with Crippen LogP contribution in [0.1, 0.15) is 49.7 Å². The van der Waals surface area contributed by atoms with Gasteiger partial charge in [0, 0.05) is 17.4 Å². The van der Waals surface area contributed by atoms with Crippen LogP contribution in [0.15, 0.2) is 58.5 Å². The van der Waals surface area contributed by atoms with E-state index in [2.05, 4.69) is 10.3 Å². The van der Waals surface area contributed by atoms with Crippen LogP contribution in [-0.4, -0.2) is 39.8 Å². The monoisotopic (exact) mass is 464 g/mol. The predicted octanol–water partition coefficient (Wildman–Crippen LogP) is 4.56. The molecule has 5 rings (SSSR count). The molecule has 1 aliphatic carbocycles. The summed E-state index contributed by atoms with van der Waals surface area (Å²) >= 11 is 1.36. The fourth-order valence-electron chi connectivity index (χ4n) is 4.52. The Morgan fingerprint density at radius 2 is 1.94 bits per heavy atom. The SMILES string of the molecule is O=C(C[C@H]1N=C2c3ccccc3N=C(SCc3cccc(F)c3)N2C1=O)NC1CCCCC1. The number of para-hydroxylation sites is 1. The maximum Gasteiger partial charge on any atom is 0.259 e. The van der Waals surface area contributed by atoms with Crippen LogP contribution in [0.3, 0.4) is 0 Å². The maximum absolute atomic E-state index is 13.6. The zero-order valence-corrected chi connectivity index (χ0v) is 19.0. The van der Waals surface area contributed by atoms with Gasteiger partial charge in [0.05, 0.1) is 12.1 Å². The first-order valence-electron chi connectivity index (χ1n) is 11.3. The van der Waals surface area contributed by atoms with Crippen molar-refractivity contribution in [1.82, 2.24) is 10.2 Å². The molecular weight excluding hydrogens is 439 g/mol. The molecule has 0 unspecified atom stereocenters. The fraction of sp³-hybridized carbons (Fsp3) is 0.360. The number of thioether (sulfide) groups is 1. The molecule has 1 fully saturated rings. The highest BCUT2D eigenvalue weighted by molar-refractivity contribution is 8.13. The standard InChI is InChI=1S/C25H25FN4O2S/c26-17-8-6-7-16(13-17)15-33-25-29-20-12-5-4-11-19(20)23-28-21(24(32)30(23)25)14-22(31)27-18-9-2-1-3-10-18/h4-8,11-13,18,21H,1-3,9-10,14-15H2,(H,27,31)/t21-/m1/s1. The number of amidine groups is 2. The first-order chi connectivity index (χ1) is 16.1.